The van der Waals surface area contributed by atoms with E-state index in [0.717, 1.165) is 26.2 Å². The molecule has 3 heteroatoms. The van der Waals surface area contributed by atoms with Gasteiger partial charge < -0.3 is 4.90 Å². The van der Waals surface area contributed by atoms with Crippen molar-refractivity contribution in [3.8, 4) is 0 Å². The molecular weight excluding hydrogens is 236 g/mol. The predicted molar refractivity (Wildman–Crippen MR) is 78.2 cm³/mol. The van der Waals surface area contributed by atoms with Gasteiger partial charge in [-0.15, -0.1) is 0 Å². The van der Waals surface area contributed by atoms with Gasteiger partial charge in [0.1, 0.15) is 0 Å². The van der Waals surface area contributed by atoms with Crippen molar-refractivity contribution in [3.63, 3.8) is 0 Å². The molecule has 1 aliphatic heterocycles. The molecule has 1 aromatic rings. The fourth-order valence-electron chi connectivity index (χ4n) is 2.56. The SMILES string of the molecule is Cc1cc(C)c(CN2CCC(=O)N(C)CC2)cc1C. The average molecular weight is 260 g/mol. The highest BCUT2D eigenvalue weighted by Gasteiger charge is 2.18. The molecule has 19 heavy (non-hydrogen) atoms. The van der Waals surface area contributed by atoms with Gasteiger partial charge >= 0.3 is 0 Å². The Bertz CT molecular complexity index is 482. The average Bonchev–Trinajstić information content (AvgIpc) is 2.51. The molecule has 0 aliphatic carbocycles. The Morgan fingerprint density at radius 3 is 2.42 bits per heavy atom. The first kappa shape index (κ1) is 14.1. The van der Waals surface area contributed by atoms with E-state index in [1.54, 1.807) is 0 Å². The molecule has 1 aliphatic rings. The lowest BCUT2D eigenvalue weighted by Gasteiger charge is -2.21. The second kappa shape index (κ2) is 5.74. The molecule has 0 N–H and O–H groups in total. The van der Waals surface area contributed by atoms with Crippen molar-refractivity contribution in [3.05, 3.63) is 34.4 Å². The molecule has 3 nitrogen and oxygen atoms in total. The van der Waals surface area contributed by atoms with Crippen molar-refractivity contribution in [2.75, 3.05) is 26.7 Å². The fraction of sp³-hybridized carbons (Fsp3) is 0.562. The molecule has 0 aromatic heterocycles. The molecule has 2 rings (SSSR count). The largest absolute Gasteiger partial charge is 0.344 e. The van der Waals surface area contributed by atoms with Gasteiger partial charge in [-0.05, 0) is 43.0 Å². The Kier molecular flexibility index (Phi) is 4.25. The summed E-state index contributed by atoms with van der Waals surface area (Å²) in [4.78, 5) is 15.9. The van der Waals surface area contributed by atoms with E-state index in [1.165, 1.54) is 22.3 Å². The van der Waals surface area contributed by atoms with Crippen LogP contribution >= 0.6 is 0 Å². The maximum atomic E-state index is 11.7. The van der Waals surface area contributed by atoms with Gasteiger partial charge in [0.25, 0.3) is 0 Å². The van der Waals surface area contributed by atoms with Crippen LogP contribution in [0.1, 0.15) is 28.7 Å². The number of carbonyl (C=O) groups is 1. The van der Waals surface area contributed by atoms with E-state index in [4.69, 9.17) is 0 Å². The molecular formula is C16H24N2O. The number of hydrogen-bond donors (Lipinski definition) is 0. The number of carbonyl (C=O) groups excluding carboxylic acids is 1. The number of nitrogens with zero attached hydrogens (tertiary/aromatic N) is 2. The molecule has 1 aromatic carbocycles. The first-order valence-electron chi connectivity index (χ1n) is 7.00. The van der Waals surface area contributed by atoms with Crippen LogP contribution < -0.4 is 0 Å². The Labute approximate surface area is 116 Å². The van der Waals surface area contributed by atoms with Crippen molar-refractivity contribution in [2.45, 2.75) is 33.7 Å². The van der Waals surface area contributed by atoms with E-state index in [2.05, 4.69) is 37.8 Å². The van der Waals surface area contributed by atoms with Crippen molar-refractivity contribution < 1.29 is 4.79 Å². The quantitative estimate of drug-likeness (QED) is 0.814. The van der Waals surface area contributed by atoms with E-state index in [-0.39, 0.29) is 5.91 Å². The Balaban J connectivity index is 2.09. The second-order valence-corrected chi connectivity index (χ2v) is 5.70. The maximum absolute atomic E-state index is 11.7. The molecule has 0 bridgehead atoms. The monoisotopic (exact) mass is 260 g/mol. The van der Waals surface area contributed by atoms with Gasteiger partial charge in [-0.1, -0.05) is 12.1 Å². The maximum Gasteiger partial charge on any atom is 0.223 e. The molecule has 0 atom stereocenters. The molecule has 0 unspecified atom stereocenters. The molecule has 1 saturated heterocycles. The highest BCUT2D eigenvalue weighted by atomic mass is 16.2. The smallest absolute Gasteiger partial charge is 0.223 e. The number of aryl methyl sites for hydroxylation is 3. The minimum Gasteiger partial charge on any atom is -0.344 e. The van der Waals surface area contributed by atoms with Crippen molar-refractivity contribution in [1.82, 2.24) is 9.80 Å². The van der Waals surface area contributed by atoms with E-state index < -0.39 is 0 Å². The van der Waals surface area contributed by atoms with Crippen LogP contribution in [0.15, 0.2) is 12.1 Å². The second-order valence-electron chi connectivity index (χ2n) is 5.70. The minimum atomic E-state index is 0.263. The summed E-state index contributed by atoms with van der Waals surface area (Å²) in [5.74, 6) is 0.263. The van der Waals surface area contributed by atoms with Crippen LogP contribution in [-0.4, -0.2) is 42.4 Å². The molecule has 0 spiro atoms. The summed E-state index contributed by atoms with van der Waals surface area (Å²) in [6, 6.07) is 4.56. The van der Waals surface area contributed by atoms with E-state index >= 15 is 0 Å². The number of hydrogen-bond acceptors (Lipinski definition) is 2. The summed E-state index contributed by atoms with van der Waals surface area (Å²) in [6.45, 7) is 10.1. The summed E-state index contributed by atoms with van der Waals surface area (Å²) < 4.78 is 0. The topological polar surface area (TPSA) is 23.6 Å². The van der Waals surface area contributed by atoms with Crippen molar-refractivity contribution in [1.29, 1.82) is 0 Å². The van der Waals surface area contributed by atoms with Crippen LogP contribution in [0.5, 0.6) is 0 Å². The number of rotatable bonds is 2. The molecule has 0 saturated carbocycles. The Hall–Kier alpha value is -1.35. The van der Waals surface area contributed by atoms with Gasteiger partial charge in [-0.25, -0.2) is 0 Å². The zero-order valence-electron chi connectivity index (χ0n) is 12.5. The number of likely N-dealkylation sites (N-methyl/N-ethyl adjacent to an activating group) is 1. The Morgan fingerprint density at radius 2 is 1.68 bits per heavy atom. The number of benzene rings is 1. The minimum absolute atomic E-state index is 0.263. The number of amides is 1. The molecule has 1 heterocycles. The summed E-state index contributed by atoms with van der Waals surface area (Å²) in [5.41, 5.74) is 5.45. The van der Waals surface area contributed by atoms with Crippen LogP contribution in [0, 0.1) is 20.8 Å². The normalized spacial score (nSPS) is 17.7. The molecule has 1 amide bonds. The van der Waals surface area contributed by atoms with Gasteiger partial charge in [0.2, 0.25) is 5.91 Å². The molecule has 1 fully saturated rings. The van der Waals surface area contributed by atoms with E-state index in [9.17, 15) is 4.79 Å². The zero-order chi connectivity index (χ0) is 14.0. The third-order valence-electron chi connectivity index (χ3n) is 4.17. The van der Waals surface area contributed by atoms with E-state index in [1.807, 2.05) is 11.9 Å². The zero-order valence-corrected chi connectivity index (χ0v) is 12.5. The van der Waals surface area contributed by atoms with Crippen LogP contribution in [0.4, 0.5) is 0 Å². The lowest BCUT2D eigenvalue weighted by Crippen LogP contribution is -2.30. The highest BCUT2D eigenvalue weighted by Crippen LogP contribution is 2.18. The van der Waals surface area contributed by atoms with Crippen molar-refractivity contribution in [2.24, 2.45) is 0 Å². The van der Waals surface area contributed by atoms with Crippen LogP contribution in [0.3, 0.4) is 0 Å². The third kappa shape index (κ3) is 3.35. The third-order valence-corrected chi connectivity index (χ3v) is 4.17. The standard InChI is InChI=1S/C16H24N2O/c1-12-9-14(3)15(10-13(12)2)11-18-6-5-16(19)17(4)7-8-18/h9-10H,5-8,11H2,1-4H3. The van der Waals surface area contributed by atoms with Gasteiger partial charge in [0.05, 0.1) is 0 Å². The summed E-state index contributed by atoms with van der Waals surface area (Å²) >= 11 is 0. The van der Waals surface area contributed by atoms with Crippen molar-refractivity contribution >= 4 is 5.91 Å². The van der Waals surface area contributed by atoms with Gasteiger partial charge in [0.15, 0.2) is 0 Å². The molecule has 0 radical (unpaired) electrons. The van der Waals surface area contributed by atoms with Crippen LogP contribution in [0.25, 0.3) is 0 Å². The summed E-state index contributed by atoms with van der Waals surface area (Å²) in [5, 5.41) is 0. The molecule has 104 valence electrons. The lowest BCUT2D eigenvalue weighted by molar-refractivity contribution is -0.129. The van der Waals surface area contributed by atoms with Gasteiger partial charge in [-0.2, -0.15) is 0 Å². The van der Waals surface area contributed by atoms with Gasteiger partial charge in [0, 0.05) is 39.6 Å². The predicted octanol–water partition coefficient (Wildman–Crippen LogP) is 2.28. The summed E-state index contributed by atoms with van der Waals surface area (Å²) in [6.07, 6.45) is 0.639. The van der Waals surface area contributed by atoms with E-state index in [0.29, 0.717) is 6.42 Å². The van der Waals surface area contributed by atoms with Gasteiger partial charge in [-0.3, -0.25) is 9.69 Å². The first-order chi connectivity index (χ1) is 8.97. The Morgan fingerprint density at radius 1 is 1.00 bits per heavy atom. The highest BCUT2D eigenvalue weighted by molar-refractivity contribution is 5.76. The van der Waals surface area contributed by atoms with Crippen LogP contribution in [0.2, 0.25) is 0 Å². The lowest BCUT2D eigenvalue weighted by atomic mass is 10.0. The van der Waals surface area contributed by atoms with Crippen LogP contribution in [-0.2, 0) is 11.3 Å². The summed E-state index contributed by atoms with van der Waals surface area (Å²) in [7, 11) is 1.90. The fourth-order valence-corrected chi connectivity index (χ4v) is 2.56. The first-order valence-corrected chi connectivity index (χ1v) is 7.00.